The van der Waals surface area contributed by atoms with Crippen LogP contribution in [0.3, 0.4) is 0 Å². The minimum Gasteiger partial charge on any atom is -0.387 e. The molecular formula is C10H15N3O. The third-order valence-corrected chi connectivity index (χ3v) is 2.14. The standard InChI is InChI=1S/C10H15N3O/c1-4-13(3)10(14)8-7-12-6-5-9(8)11-2/h5-7H,4H2,1-3H3,(H,11,12). The first-order valence-electron chi connectivity index (χ1n) is 4.58. The Morgan fingerprint density at radius 2 is 2.36 bits per heavy atom. The lowest BCUT2D eigenvalue weighted by Crippen LogP contribution is -2.27. The van der Waals surface area contributed by atoms with Crippen LogP contribution in [0.15, 0.2) is 18.5 Å². The summed E-state index contributed by atoms with van der Waals surface area (Å²) in [5, 5.41) is 2.97. The van der Waals surface area contributed by atoms with Gasteiger partial charge >= 0.3 is 0 Å². The Bertz CT molecular complexity index is 325. The second-order valence-corrected chi connectivity index (χ2v) is 2.99. The Balaban J connectivity index is 3.00. The summed E-state index contributed by atoms with van der Waals surface area (Å²) in [6.07, 6.45) is 3.24. The number of aromatic nitrogens is 1. The molecule has 0 aliphatic rings. The summed E-state index contributed by atoms with van der Waals surface area (Å²) >= 11 is 0. The topological polar surface area (TPSA) is 45.2 Å². The van der Waals surface area contributed by atoms with Crippen LogP contribution in [-0.2, 0) is 0 Å². The van der Waals surface area contributed by atoms with Crippen molar-refractivity contribution in [3.63, 3.8) is 0 Å². The van der Waals surface area contributed by atoms with Crippen molar-refractivity contribution in [1.29, 1.82) is 0 Å². The molecule has 1 amide bonds. The van der Waals surface area contributed by atoms with E-state index < -0.39 is 0 Å². The average Bonchev–Trinajstić information content (AvgIpc) is 2.26. The minimum atomic E-state index is -0.00931. The Labute approximate surface area is 83.9 Å². The molecule has 14 heavy (non-hydrogen) atoms. The Kier molecular flexibility index (Phi) is 3.45. The van der Waals surface area contributed by atoms with Crippen LogP contribution in [0.2, 0.25) is 0 Å². The van der Waals surface area contributed by atoms with Crippen LogP contribution in [0.1, 0.15) is 17.3 Å². The van der Waals surface area contributed by atoms with Gasteiger partial charge in [0.2, 0.25) is 0 Å². The lowest BCUT2D eigenvalue weighted by Gasteiger charge is -2.16. The highest BCUT2D eigenvalue weighted by Gasteiger charge is 2.13. The molecule has 0 spiro atoms. The van der Waals surface area contributed by atoms with Crippen LogP contribution in [0.4, 0.5) is 5.69 Å². The smallest absolute Gasteiger partial charge is 0.257 e. The highest BCUT2D eigenvalue weighted by Crippen LogP contribution is 2.14. The van der Waals surface area contributed by atoms with E-state index in [1.54, 1.807) is 37.5 Å². The molecule has 76 valence electrons. The molecule has 0 bridgehead atoms. The highest BCUT2D eigenvalue weighted by atomic mass is 16.2. The van der Waals surface area contributed by atoms with E-state index in [4.69, 9.17) is 0 Å². The molecule has 1 heterocycles. The Morgan fingerprint density at radius 3 is 2.93 bits per heavy atom. The lowest BCUT2D eigenvalue weighted by molar-refractivity contribution is 0.0803. The van der Waals surface area contributed by atoms with Gasteiger partial charge in [-0.15, -0.1) is 0 Å². The van der Waals surface area contributed by atoms with Gasteiger partial charge in [0.15, 0.2) is 0 Å². The van der Waals surface area contributed by atoms with Crippen molar-refractivity contribution in [2.45, 2.75) is 6.92 Å². The summed E-state index contributed by atoms with van der Waals surface area (Å²) in [6.45, 7) is 2.63. The molecule has 0 saturated carbocycles. The van der Waals surface area contributed by atoms with Gasteiger partial charge in [0.05, 0.1) is 5.56 Å². The van der Waals surface area contributed by atoms with E-state index in [1.807, 2.05) is 6.92 Å². The Hall–Kier alpha value is -1.58. The quantitative estimate of drug-likeness (QED) is 0.785. The molecule has 1 N–H and O–H groups in total. The summed E-state index contributed by atoms with van der Waals surface area (Å²) in [7, 11) is 3.56. The lowest BCUT2D eigenvalue weighted by atomic mass is 10.2. The molecule has 0 aliphatic heterocycles. The largest absolute Gasteiger partial charge is 0.387 e. The number of carbonyl (C=O) groups excluding carboxylic acids is 1. The minimum absolute atomic E-state index is 0.00931. The van der Waals surface area contributed by atoms with E-state index in [1.165, 1.54) is 0 Å². The van der Waals surface area contributed by atoms with Gasteiger partial charge in [-0.2, -0.15) is 0 Å². The molecule has 4 heteroatoms. The van der Waals surface area contributed by atoms with Gasteiger partial charge in [-0.1, -0.05) is 0 Å². The zero-order chi connectivity index (χ0) is 10.6. The summed E-state index contributed by atoms with van der Waals surface area (Å²) in [5.74, 6) is -0.00931. The normalized spacial score (nSPS) is 9.64. The van der Waals surface area contributed by atoms with Gasteiger partial charge in [0, 0.05) is 38.7 Å². The fraction of sp³-hybridized carbons (Fsp3) is 0.400. The number of pyridine rings is 1. The predicted octanol–water partition coefficient (Wildman–Crippen LogP) is 1.22. The SMILES string of the molecule is CCN(C)C(=O)c1cnccc1NC. The second-order valence-electron chi connectivity index (χ2n) is 2.99. The molecule has 4 nitrogen and oxygen atoms in total. The number of nitrogens with zero attached hydrogens (tertiary/aromatic N) is 2. The second kappa shape index (κ2) is 4.60. The van der Waals surface area contributed by atoms with Gasteiger partial charge < -0.3 is 10.2 Å². The van der Waals surface area contributed by atoms with E-state index in [0.717, 1.165) is 5.69 Å². The molecule has 0 radical (unpaired) electrons. The molecule has 0 fully saturated rings. The molecule has 0 aromatic carbocycles. The fourth-order valence-electron chi connectivity index (χ4n) is 1.13. The number of hydrogen-bond donors (Lipinski definition) is 1. The van der Waals surface area contributed by atoms with Crippen LogP contribution >= 0.6 is 0 Å². The number of hydrogen-bond acceptors (Lipinski definition) is 3. The van der Waals surface area contributed by atoms with Crippen LogP contribution in [0.5, 0.6) is 0 Å². The van der Waals surface area contributed by atoms with Crippen molar-refractivity contribution in [3.8, 4) is 0 Å². The van der Waals surface area contributed by atoms with Crippen molar-refractivity contribution in [2.75, 3.05) is 26.0 Å². The van der Waals surface area contributed by atoms with Crippen molar-refractivity contribution in [2.24, 2.45) is 0 Å². The summed E-state index contributed by atoms with van der Waals surface area (Å²) in [4.78, 5) is 17.4. The van der Waals surface area contributed by atoms with E-state index in [-0.39, 0.29) is 5.91 Å². The van der Waals surface area contributed by atoms with Crippen LogP contribution in [0.25, 0.3) is 0 Å². The molecule has 0 aliphatic carbocycles. The highest BCUT2D eigenvalue weighted by molar-refractivity contribution is 5.99. The van der Waals surface area contributed by atoms with Crippen molar-refractivity contribution >= 4 is 11.6 Å². The predicted molar refractivity (Wildman–Crippen MR) is 56.4 cm³/mol. The molecular weight excluding hydrogens is 178 g/mol. The summed E-state index contributed by atoms with van der Waals surface area (Å²) in [5.41, 5.74) is 1.42. The average molecular weight is 193 g/mol. The zero-order valence-corrected chi connectivity index (χ0v) is 8.74. The third kappa shape index (κ3) is 2.02. The monoisotopic (exact) mass is 193 g/mol. The maximum absolute atomic E-state index is 11.8. The fourth-order valence-corrected chi connectivity index (χ4v) is 1.13. The van der Waals surface area contributed by atoms with Crippen molar-refractivity contribution in [3.05, 3.63) is 24.0 Å². The maximum atomic E-state index is 11.8. The summed E-state index contributed by atoms with van der Waals surface area (Å²) < 4.78 is 0. The first kappa shape index (κ1) is 10.5. The van der Waals surface area contributed by atoms with Crippen LogP contribution in [-0.4, -0.2) is 36.4 Å². The van der Waals surface area contributed by atoms with E-state index >= 15 is 0 Å². The number of nitrogens with one attached hydrogen (secondary N) is 1. The van der Waals surface area contributed by atoms with E-state index in [9.17, 15) is 4.79 Å². The van der Waals surface area contributed by atoms with Crippen molar-refractivity contribution in [1.82, 2.24) is 9.88 Å². The van der Waals surface area contributed by atoms with Gasteiger partial charge in [-0.25, -0.2) is 0 Å². The van der Waals surface area contributed by atoms with Gasteiger partial charge in [0.1, 0.15) is 0 Å². The van der Waals surface area contributed by atoms with Crippen LogP contribution < -0.4 is 5.32 Å². The van der Waals surface area contributed by atoms with Gasteiger partial charge in [-0.3, -0.25) is 9.78 Å². The van der Waals surface area contributed by atoms with Crippen molar-refractivity contribution < 1.29 is 4.79 Å². The molecule has 0 atom stereocenters. The first-order valence-corrected chi connectivity index (χ1v) is 4.58. The first-order chi connectivity index (χ1) is 6.70. The number of amides is 1. The Morgan fingerprint density at radius 1 is 1.64 bits per heavy atom. The van der Waals surface area contributed by atoms with Gasteiger partial charge in [0.25, 0.3) is 5.91 Å². The third-order valence-electron chi connectivity index (χ3n) is 2.14. The van der Waals surface area contributed by atoms with E-state index in [0.29, 0.717) is 12.1 Å². The number of rotatable bonds is 3. The summed E-state index contributed by atoms with van der Waals surface area (Å²) in [6, 6.07) is 1.79. The molecule has 1 aromatic rings. The molecule has 0 saturated heterocycles. The number of carbonyl (C=O) groups is 1. The molecule has 1 rings (SSSR count). The van der Waals surface area contributed by atoms with Crippen LogP contribution in [0, 0.1) is 0 Å². The maximum Gasteiger partial charge on any atom is 0.257 e. The number of anilines is 1. The van der Waals surface area contributed by atoms with E-state index in [2.05, 4.69) is 10.3 Å². The zero-order valence-electron chi connectivity index (χ0n) is 8.74. The van der Waals surface area contributed by atoms with Gasteiger partial charge in [-0.05, 0) is 13.0 Å². The molecule has 1 aromatic heterocycles. The molecule has 0 unspecified atom stereocenters.